The first-order valence-corrected chi connectivity index (χ1v) is 8.62. The molecule has 0 aromatic carbocycles. The molecule has 2 rings (SSSR count). The zero-order valence-corrected chi connectivity index (χ0v) is 13.9. The molecule has 7 heteroatoms. The van der Waals surface area contributed by atoms with Gasteiger partial charge in [0.25, 0.3) is 0 Å². The number of unbranched alkanes of at least 4 members (excludes halogenated alkanes) is 1. The third-order valence-corrected chi connectivity index (χ3v) is 5.03. The molecule has 0 unspecified atom stereocenters. The van der Waals surface area contributed by atoms with Crippen LogP contribution in [-0.2, 0) is 19.1 Å². The molecule has 6 nitrogen and oxygen atoms in total. The summed E-state index contributed by atoms with van der Waals surface area (Å²) < 4.78 is 9.67. The smallest absolute Gasteiger partial charge is 0.416 e. The number of hydrogen-bond acceptors (Lipinski definition) is 6. The van der Waals surface area contributed by atoms with Gasteiger partial charge in [-0.25, -0.2) is 9.69 Å². The minimum absolute atomic E-state index is 0.210. The molecule has 122 valence electrons. The Kier molecular flexibility index (Phi) is 5.50. The molecular weight excluding hydrogens is 306 g/mol. The number of nitrogens with zero attached hydrogens (tertiary/aromatic N) is 1. The normalized spacial score (nSPS) is 24.1. The molecule has 0 N–H and O–H groups in total. The van der Waals surface area contributed by atoms with E-state index in [-0.39, 0.29) is 19.1 Å². The van der Waals surface area contributed by atoms with E-state index in [1.165, 1.54) is 18.9 Å². The summed E-state index contributed by atoms with van der Waals surface area (Å²) in [4.78, 5) is 38.3. The Bertz CT molecular complexity index is 516. The Morgan fingerprint density at radius 1 is 1.41 bits per heavy atom. The van der Waals surface area contributed by atoms with Crippen molar-refractivity contribution in [1.82, 2.24) is 4.90 Å². The van der Waals surface area contributed by atoms with Crippen molar-refractivity contribution in [2.45, 2.75) is 26.2 Å². The van der Waals surface area contributed by atoms with Gasteiger partial charge in [-0.3, -0.25) is 9.59 Å². The summed E-state index contributed by atoms with van der Waals surface area (Å²) in [5.74, 6) is -1.95. The van der Waals surface area contributed by atoms with Crippen molar-refractivity contribution < 1.29 is 23.9 Å². The number of cyclic esters (lactones) is 1. The fourth-order valence-corrected chi connectivity index (χ4v) is 3.92. The first kappa shape index (κ1) is 16.9. The van der Waals surface area contributed by atoms with Gasteiger partial charge < -0.3 is 9.47 Å². The lowest BCUT2D eigenvalue weighted by atomic mass is 9.71. The molecule has 0 bridgehead atoms. The van der Waals surface area contributed by atoms with Crippen molar-refractivity contribution in [3.8, 4) is 0 Å². The van der Waals surface area contributed by atoms with E-state index in [0.29, 0.717) is 0 Å². The Morgan fingerprint density at radius 2 is 2.14 bits per heavy atom. The third kappa shape index (κ3) is 2.86. The maximum absolute atomic E-state index is 12.6. The predicted molar refractivity (Wildman–Crippen MR) is 82.1 cm³/mol. The Morgan fingerprint density at radius 3 is 2.64 bits per heavy atom. The van der Waals surface area contributed by atoms with Crippen LogP contribution < -0.4 is 0 Å². The minimum Gasteiger partial charge on any atom is -0.469 e. The van der Waals surface area contributed by atoms with E-state index in [4.69, 9.17) is 9.47 Å². The van der Waals surface area contributed by atoms with Crippen molar-refractivity contribution in [3.63, 3.8) is 0 Å². The van der Waals surface area contributed by atoms with E-state index in [0.717, 1.165) is 34.6 Å². The highest BCUT2D eigenvalue weighted by molar-refractivity contribution is 8.02. The summed E-state index contributed by atoms with van der Waals surface area (Å²) >= 11 is 1.47. The predicted octanol–water partition coefficient (Wildman–Crippen LogP) is 2.19. The molecule has 1 aliphatic heterocycles. The van der Waals surface area contributed by atoms with Crippen LogP contribution in [0.3, 0.4) is 0 Å². The highest BCUT2D eigenvalue weighted by Gasteiger charge is 2.51. The van der Waals surface area contributed by atoms with Crippen LogP contribution in [0.2, 0.25) is 0 Å². The molecule has 1 saturated heterocycles. The van der Waals surface area contributed by atoms with Crippen molar-refractivity contribution in [2.75, 3.05) is 26.5 Å². The molecule has 2 atom stereocenters. The first-order chi connectivity index (χ1) is 10.6. The number of esters is 1. The molecule has 0 radical (unpaired) electrons. The van der Waals surface area contributed by atoms with Crippen LogP contribution in [-0.4, -0.2) is 49.4 Å². The first-order valence-electron chi connectivity index (χ1n) is 7.39. The highest BCUT2D eigenvalue weighted by Crippen LogP contribution is 2.49. The molecule has 1 fully saturated rings. The van der Waals surface area contributed by atoms with Gasteiger partial charge in [0.2, 0.25) is 5.91 Å². The summed E-state index contributed by atoms with van der Waals surface area (Å²) in [5.41, 5.74) is 0.979. The SMILES string of the molecule is CCCCC1=C(SC)[C@H](C(=O)N2CCOC2=O)[C@H]1C(=O)OC. The number of carbonyl (C=O) groups excluding carboxylic acids is 3. The van der Waals surface area contributed by atoms with Crippen molar-refractivity contribution in [1.29, 1.82) is 0 Å². The number of hydrogen-bond donors (Lipinski definition) is 0. The minimum atomic E-state index is -0.629. The van der Waals surface area contributed by atoms with Crippen LogP contribution in [0, 0.1) is 11.8 Å². The van der Waals surface area contributed by atoms with Crippen LogP contribution in [0.5, 0.6) is 0 Å². The quantitative estimate of drug-likeness (QED) is 0.696. The van der Waals surface area contributed by atoms with Gasteiger partial charge in [0.15, 0.2) is 0 Å². The van der Waals surface area contributed by atoms with Crippen LogP contribution in [0.1, 0.15) is 26.2 Å². The Hall–Kier alpha value is -1.50. The molecule has 22 heavy (non-hydrogen) atoms. The average molecular weight is 327 g/mol. The molecule has 0 aromatic heterocycles. The summed E-state index contributed by atoms with van der Waals surface area (Å²) in [6, 6.07) is 0. The molecule has 0 spiro atoms. The monoisotopic (exact) mass is 327 g/mol. The second-order valence-electron chi connectivity index (χ2n) is 5.28. The summed E-state index contributed by atoms with van der Waals surface area (Å²) in [6.45, 7) is 2.53. The van der Waals surface area contributed by atoms with E-state index >= 15 is 0 Å². The van der Waals surface area contributed by atoms with Gasteiger partial charge in [-0.1, -0.05) is 13.3 Å². The third-order valence-electron chi connectivity index (χ3n) is 4.08. The number of methoxy groups -OCH3 is 1. The fraction of sp³-hybridized carbons (Fsp3) is 0.667. The van der Waals surface area contributed by atoms with Gasteiger partial charge in [0, 0.05) is 0 Å². The molecule has 2 aliphatic rings. The van der Waals surface area contributed by atoms with Crippen molar-refractivity contribution in [3.05, 3.63) is 10.5 Å². The molecule has 0 saturated carbocycles. The number of thioether (sulfide) groups is 1. The fourth-order valence-electron chi connectivity index (χ4n) is 2.93. The maximum Gasteiger partial charge on any atom is 0.416 e. The zero-order chi connectivity index (χ0) is 16.3. The van der Waals surface area contributed by atoms with Crippen LogP contribution >= 0.6 is 11.8 Å². The number of rotatable bonds is 6. The van der Waals surface area contributed by atoms with Gasteiger partial charge in [-0.2, -0.15) is 0 Å². The summed E-state index contributed by atoms with van der Waals surface area (Å²) in [5, 5.41) is 0. The topological polar surface area (TPSA) is 72.9 Å². The lowest BCUT2D eigenvalue weighted by molar-refractivity contribution is -0.150. The standard InChI is InChI=1S/C15H21NO5S/c1-4-5-6-9-10(14(18)20-2)11(12(9)22-3)13(17)16-7-8-21-15(16)19/h10-11H,4-8H2,1-3H3/t10-,11+/m0/s1. The molecule has 1 aliphatic carbocycles. The molecule has 1 heterocycles. The van der Waals surface area contributed by atoms with Gasteiger partial charge in [0.05, 0.1) is 25.5 Å². The second kappa shape index (κ2) is 7.17. The van der Waals surface area contributed by atoms with Crippen molar-refractivity contribution >= 4 is 29.7 Å². The van der Waals surface area contributed by atoms with Crippen molar-refractivity contribution in [2.24, 2.45) is 11.8 Å². The summed E-state index contributed by atoms with van der Waals surface area (Å²) in [7, 11) is 1.32. The van der Waals surface area contributed by atoms with E-state index in [9.17, 15) is 14.4 Å². The second-order valence-corrected chi connectivity index (χ2v) is 6.13. The molecule has 2 amide bonds. The zero-order valence-electron chi connectivity index (χ0n) is 13.1. The van der Waals surface area contributed by atoms with Crippen LogP contribution in [0.4, 0.5) is 4.79 Å². The maximum atomic E-state index is 12.6. The lowest BCUT2D eigenvalue weighted by Crippen LogP contribution is -2.48. The average Bonchev–Trinajstić information content (AvgIpc) is 2.92. The van der Waals surface area contributed by atoms with Gasteiger partial charge >= 0.3 is 12.1 Å². The summed E-state index contributed by atoms with van der Waals surface area (Å²) in [6.07, 6.45) is 4.00. The van der Waals surface area contributed by atoms with Crippen LogP contribution in [0.25, 0.3) is 0 Å². The van der Waals surface area contributed by atoms with Gasteiger partial charge in [0.1, 0.15) is 6.61 Å². The van der Waals surface area contributed by atoms with Crippen LogP contribution in [0.15, 0.2) is 10.5 Å². The number of carbonyl (C=O) groups is 3. The molecular formula is C15H21NO5S. The largest absolute Gasteiger partial charge is 0.469 e. The van der Waals surface area contributed by atoms with E-state index in [2.05, 4.69) is 6.92 Å². The number of imide groups is 1. The molecule has 0 aromatic rings. The number of ether oxygens (including phenoxy) is 2. The van der Waals surface area contributed by atoms with Gasteiger partial charge in [-0.05, 0) is 29.6 Å². The van der Waals surface area contributed by atoms with Gasteiger partial charge in [-0.15, -0.1) is 11.8 Å². The van der Waals surface area contributed by atoms with E-state index < -0.39 is 23.9 Å². The highest BCUT2D eigenvalue weighted by atomic mass is 32.2. The van der Waals surface area contributed by atoms with E-state index in [1.807, 2.05) is 6.26 Å². The Labute approximate surface area is 134 Å². The number of amides is 2. The Balaban J connectivity index is 2.27. The lowest BCUT2D eigenvalue weighted by Gasteiger charge is -2.39. The van der Waals surface area contributed by atoms with E-state index in [1.54, 1.807) is 0 Å².